The summed E-state index contributed by atoms with van der Waals surface area (Å²) >= 11 is 0. The van der Waals surface area contributed by atoms with Crippen LogP contribution in [-0.4, -0.2) is 35.3 Å². The molecule has 0 radical (unpaired) electrons. The van der Waals surface area contributed by atoms with Crippen molar-refractivity contribution in [1.29, 1.82) is 0 Å². The fourth-order valence-electron chi connectivity index (χ4n) is 5.23. The summed E-state index contributed by atoms with van der Waals surface area (Å²) in [5, 5.41) is 3.08. The van der Waals surface area contributed by atoms with Crippen LogP contribution >= 0.6 is 0 Å². The zero-order chi connectivity index (χ0) is 18.4. The van der Waals surface area contributed by atoms with Gasteiger partial charge in [0.2, 0.25) is 0 Å². The lowest BCUT2D eigenvalue weighted by atomic mass is 9.85. The summed E-state index contributed by atoms with van der Waals surface area (Å²) in [4.78, 5) is 20.5. The lowest BCUT2D eigenvalue weighted by Gasteiger charge is -2.25. The van der Waals surface area contributed by atoms with Crippen LogP contribution in [0.25, 0.3) is 0 Å². The highest BCUT2D eigenvalue weighted by atomic mass is 16.2. The smallest absolute Gasteiger partial charge is 0.253 e. The molecular formula is C23H25N3O. The van der Waals surface area contributed by atoms with Gasteiger partial charge in [-0.25, -0.2) is 0 Å². The van der Waals surface area contributed by atoms with Gasteiger partial charge in [0.15, 0.2) is 0 Å². The normalized spacial score (nSPS) is 29.8. The molecule has 2 fully saturated rings. The number of rotatable bonds is 3. The highest BCUT2D eigenvalue weighted by molar-refractivity contribution is 6.15. The maximum absolute atomic E-state index is 13.0. The first-order valence-electron chi connectivity index (χ1n) is 9.89. The number of benzene rings is 2. The Labute approximate surface area is 160 Å². The zero-order valence-corrected chi connectivity index (χ0v) is 15.7. The van der Waals surface area contributed by atoms with Gasteiger partial charge in [0, 0.05) is 31.1 Å². The molecule has 3 aliphatic rings. The van der Waals surface area contributed by atoms with Crippen LogP contribution in [0, 0.1) is 18.8 Å². The maximum atomic E-state index is 13.0. The standard InChI is InChI=1S/C23H25N3O/c1-16-6-5-7-17(12-16)13-26-14-19-10-11-23(20(19)15-26)22(27)24-21(25-23)18-8-3-2-4-9-18/h2-9,12,19-20H,10-11,13-15H2,1H3,(H,24,25,27)/t19-,20+,23-/m0/s1. The van der Waals surface area contributed by atoms with Crippen molar-refractivity contribution in [3.05, 3.63) is 71.3 Å². The molecule has 5 rings (SSSR count). The molecule has 1 aliphatic carbocycles. The van der Waals surface area contributed by atoms with Crippen LogP contribution in [0.2, 0.25) is 0 Å². The Kier molecular flexibility index (Phi) is 3.90. The van der Waals surface area contributed by atoms with Crippen molar-refractivity contribution in [3.63, 3.8) is 0 Å². The molecule has 4 nitrogen and oxygen atoms in total. The van der Waals surface area contributed by atoms with E-state index in [4.69, 9.17) is 4.99 Å². The van der Waals surface area contributed by atoms with Gasteiger partial charge in [0.05, 0.1) is 0 Å². The molecule has 27 heavy (non-hydrogen) atoms. The van der Waals surface area contributed by atoms with Crippen molar-refractivity contribution in [1.82, 2.24) is 10.2 Å². The molecule has 1 spiro atoms. The second kappa shape index (κ2) is 6.31. The molecule has 1 saturated heterocycles. The van der Waals surface area contributed by atoms with Gasteiger partial charge in [-0.15, -0.1) is 0 Å². The van der Waals surface area contributed by atoms with Gasteiger partial charge < -0.3 is 5.32 Å². The number of hydrogen-bond donors (Lipinski definition) is 1. The van der Waals surface area contributed by atoms with Crippen molar-refractivity contribution in [2.45, 2.75) is 31.8 Å². The summed E-state index contributed by atoms with van der Waals surface area (Å²) in [5.41, 5.74) is 3.10. The Morgan fingerprint density at radius 1 is 1.15 bits per heavy atom. The number of nitrogens with one attached hydrogen (secondary N) is 1. The van der Waals surface area contributed by atoms with Gasteiger partial charge in [0.25, 0.3) is 5.91 Å². The predicted octanol–water partition coefficient (Wildman–Crippen LogP) is 3.15. The molecule has 3 atom stereocenters. The van der Waals surface area contributed by atoms with Gasteiger partial charge in [0.1, 0.15) is 11.4 Å². The van der Waals surface area contributed by atoms with E-state index < -0.39 is 5.54 Å². The Bertz CT molecular complexity index is 907. The van der Waals surface area contributed by atoms with E-state index in [0.717, 1.165) is 43.9 Å². The van der Waals surface area contributed by atoms with Gasteiger partial charge >= 0.3 is 0 Å². The van der Waals surface area contributed by atoms with E-state index in [1.807, 2.05) is 30.3 Å². The lowest BCUT2D eigenvalue weighted by molar-refractivity contribution is -0.125. The number of likely N-dealkylation sites (tertiary alicyclic amines) is 1. The number of aryl methyl sites for hydroxylation is 1. The Morgan fingerprint density at radius 2 is 2.00 bits per heavy atom. The number of nitrogens with zero attached hydrogens (tertiary/aromatic N) is 2. The van der Waals surface area contributed by atoms with Gasteiger partial charge in [-0.2, -0.15) is 0 Å². The molecule has 2 heterocycles. The second-order valence-electron chi connectivity index (χ2n) is 8.29. The quantitative estimate of drug-likeness (QED) is 0.915. The van der Waals surface area contributed by atoms with Crippen molar-refractivity contribution in [3.8, 4) is 0 Å². The second-order valence-corrected chi connectivity index (χ2v) is 8.29. The van der Waals surface area contributed by atoms with E-state index in [2.05, 4.69) is 41.4 Å². The van der Waals surface area contributed by atoms with Crippen molar-refractivity contribution < 1.29 is 4.79 Å². The molecule has 4 heteroatoms. The zero-order valence-electron chi connectivity index (χ0n) is 15.7. The van der Waals surface area contributed by atoms with E-state index in [-0.39, 0.29) is 5.91 Å². The van der Waals surface area contributed by atoms with E-state index in [0.29, 0.717) is 11.8 Å². The highest BCUT2D eigenvalue weighted by Gasteiger charge is 2.59. The first kappa shape index (κ1) is 16.7. The van der Waals surface area contributed by atoms with E-state index in [1.54, 1.807) is 0 Å². The molecule has 1 amide bonds. The highest BCUT2D eigenvalue weighted by Crippen LogP contribution is 2.49. The maximum Gasteiger partial charge on any atom is 0.253 e. The van der Waals surface area contributed by atoms with Gasteiger partial charge in [-0.3, -0.25) is 14.7 Å². The van der Waals surface area contributed by atoms with E-state index in [9.17, 15) is 4.79 Å². The topological polar surface area (TPSA) is 44.7 Å². The third-order valence-electron chi connectivity index (χ3n) is 6.50. The van der Waals surface area contributed by atoms with Gasteiger partial charge in [-0.1, -0.05) is 60.2 Å². The predicted molar refractivity (Wildman–Crippen MR) is 107 cm³/mol. The third kappa shape index (κ3) is 2.79. The molecule has 0 unspecified atom stereocenters. The molecular weight excluding hydrogens is 334 g/mol. The fourth-order valence-corrected chi connectivity index (χ4v) is 5.23. The van der Waals surface area contributed by atoms with Crippen LogP contribution in [0.3, 0.4) is 0 Å². The van der Waals surface area contributed by atoms with E-state index in [1.165, 1.54) is 11.1 Å². The van der Waals surface area contributed by atoms with Gasteiger partial charge in [-0.05, 0) is 31.2 Å². The van der Waals surface area contributed by atoms with Crippen molar-refractivity contribution in [2.24, 2.45) is 16.8 Å². The minimum Gasteiger partial charge on any atom is -0.308 e. The first-order chi connectivity index (χ1) is 13.1. The van der Waals surface area contributed by atoms with Crippen LogP contribution in [0.15, 0.2) is 59.6 Å². The van der Waals surface area contributed by atoms with Crippen LogP contribution in [0.4, 0.5) is 0 Å². The number of carbonyl (C=O) groups is 1. The molecule has 2 aliphatic heterocycles. The summed E-state index contributed by atoms with van der Waals surface area (Å²) < 4.78 is 0. The summed E-state index contributed by atoms with van der Waals surface area (Å²) in [7, 11) is 0. The van der Waals surface area contributed by atoms with Crippen molar-refractivity contribution >= 4 is 11.7 Å². The molecule has 138 valence electrons. The van der Waals surface area contributed by atoms with Crippen LogP contribution in [0.5, 0.6) is 0 Å². The number of fused-ring (bicyclic) bond motifs is 2. The lowest BCUT2D eigenvalue weighted by Crippen LogP contribution is -2.44. The average Bonchev–Trinajstić information content (AvgIpc) is 3.32. The summed E-state index contributed by atoms with van der Waals surface area (Å²) in [6, 6.07) is 18.7. The summed E-state index contributed by atoms with van der Waals surface area (Å²) in [5.74, 6) is 1.74. The largest absolute Gasteiger partial charge is 0.308 e. The first-order valence-corrected chi connectivity index (χ1v) is 9.89. The Hall–Kier alpha value is -2.46. The average molecular weight is 359 g/mol. The number of hydrogen-bond acceptors (Lipinski definition) is 3. The Morgan fingerprint density at radius 3 is 2.81 bits per heavy atom. The van der Waals surface area contributed by atoms with Crippen LogP contribution in [0.1, 0.15) is 29.5 Å². The van der Waals surface area contributed by atoms with Crippen molar-refractivity contribution in [2.75, 3.05) is 13.1 Å². The molecule has 2 aromatic carbocycles. The number of amidine groups is 1. The third-order valence-corrected chi connectivity index (χ3v) is 6.50. The molecule has 2 aromatic rings. The molecule has 0 bridgehead atoms. The monoisotopic (exact) mass is 359 g/mol. The summed E-state index contributed by atoms with van der Waals surface area (Å²) in [6.07, 6.45) is 1.97. The molecule has 1 saturated carbocycles. The van der Waals surface area contributed by atoms with Crippen LogP contribution in [-0.2, 0) is 11.3 Å². The minimum atomic E-state index is -0.558. The SMILES string of the molecule is Cc1cccc(CN2C[C@@H]3CC[C@]4(N=C(c5ccccc5)NC4=O)[C@@H]3C2)c1. The van der Waals surface area contributed by atoms with E-state index >= 15 is 0 Å². The molecule has 1 N–H and O–H groups in total. The summed E-state index contributed by atoms with van der Waals surface area (Å²) in [6.45, 7) is 5.13. The van der Waals surface area contributed by atoms with Crippen LogP contribution < -0.4 is 5.32 Å². The molecule has 0 aromatic heterocycles. The number of aliphatic imine (C=N–C) groups is 1. The minimum absolute atomic E-state index is 0.103. The number of amides is 1. The number of carbonyl (C=O) groups excluding carboxylic acids is 1. The Balaban J connectivity index is 1.38. The fraction of sp³-hybridized carbons (Fsp3) is 0.391.